The molecule has 1 aromatic carbocycles. The lowest BCUT2D eigenvalue weighted by Crippen LogP contribution is -2.02. The molecule has 0 saturated carbocycles. The Kier molecular flexibility index (Phi) is 3.88. The summed E-state index contributed by atoms with van der Waals surface area (Å²) in [5.74, 6) is 0.309. The number of aromatic nitrogens is 1. The van der Waals surface area contributed by atoms with Crippen molar-refractivity contribution in [3.63, 3.8) is 0 Å². The molecule has 2 aromatic rings. The van der Waals surface area contributed by atoms with E-state index in [0.717, 1.165) is 17.4 Å². The summed E-state index contributed by atoms with van der Waals surface area (Å²) in [6, 6.07) is 12.0. The number of aldehydes is 1. The zero-order chi connectivity index (χ0) is 13.0. The molecular weight excluding hydrogens is 222 g/mol. The molecule has 1 unspecified atom stereocenters. The first-order valence-electron chi connectivity index (χ1n) is 6.17. The highest BCUT2D eigenvalue weighted by molar-refractivity contribution is 5.68. The molecule has 0 amide bonds. The van der Waals surface area contributed by atoms with Crippen molar-refractivity contribution in [2.24, 2.45) is 0 Å². The molecule has 0 radical (unpaired) electrons. The second-order valence-electron chi connectivity index (χ2n) is 4.72. The van der Waals surface area contributed by atoms with Gasteiger partial charge in [0.05, 0.1) is 5.92 Å². The van der Waals surface area contributed by atoms with E-state index in [2.05, 4.69) is 31.0 Å². The first-order chi connectivity index (χ1) is 8.72. The van der Waals surface area contributed by atoms with Crippen molar-refractivity contribution in [2.75, 3.05) is 0 Å². The second-order valence-corrected chi connectivity index (χ2v) is 4.72. The quantitative estimate of drug-likeness (QED) is 0.764. The van der Waals surface area contributed by atoms with Crippen molar-refractivity contribution >= 4 is 6.29 Å². The number of hydrogen-bond acceptors (Lipinski definition) is 2. The second kappa shape index (κ2) is 5.58. The van der Waals surface area contributed by atoms with Gasteiger partial charge >= 0.3 is 0 Å². The van der Waals surface area contributed by atoms with Crippen LogP contribution in [0.4, 0.5) is 0 Å². The number of carbonyl (C=O) groups is 1. The fourth-order valence-corrected chi connectivity index (χ4v) is 2.01. The summed E-state index contributed by atoms with van der Waals surface area (Å²) >= 11 is 0. The maximum Gasteiger partial charge on any atom is 0.131 e. The van der Waals surface area contributed by atoms with E-state index >= 15 is 0 Å². The summed E-state index contributed by atoms with van der Waals surface area (Å²) in [6.07, 6.45) is 4.42. The van der Waals surface area contributed by atoms with Crippen molar-refractivity contribution in [3.8, 4) is 0 Å². The van der Waals surface area contributed by atoms with Gasteiger partial charge in [-0.2, -0.15) is 0 Å². The third kappa shape index (κ3) is 2.65. The van der Waals surface area contributed by atoms with Gasteiger partial charge in [-0.3, -0.25) is 4.98 Å². The van der Waals surface area contributed by atoms with Gasteiger partial charge in [0, 0.05) is 12.4 Å². The van der Waals surface area contributed by atoms with Gasteiger partial charge in [0.2, 0.25) is 0 Å². The maximum absolute atomic E-state index is 11.3. The fraction of sp³-hybridized carbons (Fsp3) is 0.250. The van der Waals surface area contributed by atoms with Crippen molar-refractivity contribution in [1.82, 2.24) is 4.98 Å². The molecule has 0 spiro atoms. The molecule has 18 heavy (non-hydrogen) atoms. The number of rotatable bonds is 4. The topological polar surface area (TPSA) is 30.0 Å². The lowest BCUT2D eigenvalue weighted by molar-refractivity contribution is -0.108. The molecule has 0 N–H and O–H groups in total. The SMILES string of the molecule is CC(C)c1ccc(C(C=O)c2ccncc2)cc1. The molecule has 0 bridgehead atoms. The van der Waals surface area contributed by atoms with Crippen LogP contribution in [-0.4, -0.2) is 11.3 Å². The maximum atomic E-state index is 11.3. The summed E-state index contributed by atoms with van der Waals surface area (Å²) in [7, 11) is 0. The molecule has 2 rings (SSSR count). The molecule has 1 aromatic heterocycles. The standard InChI is InChI=1S/C16H17NO/c1-12(2)13-3-5-14(6-4-13)16(11-18)15-7-9-17-10-8-15/h3-12,16H,1-2H3. The Hall–Kier alpha value is -1.96. The summed E-state index contributed by atoms with van der Waals surface area (Å²) in [4.78, 5) is 15.3. The number of carbonyl (C=O) groups excluding carboxylic acids is 1. The smallest absolute Gasteiger partial charge is 0.131 e. The van der Waals surface area contributed by atoms with E-state index in [4.69, 9.17) is 0 Å². The van der Waals surface area contributed by atoms with E-state index in [0.29, 0.717) is 5.92 Å². The molecule has 0 saturated heterocycles. The highest BCUT2D eigenvalue weighted by Gasteiger charge is 2.12. The first-order valence-corrected chi connectivity index (χ1v) is 6.17. The van der Waals surface area contributed by atoms with Gasteiger partial charge in [0.1, 0.15) is 6.29 Å². The van der Waals surface area contributed by atoms with E-state index < -0.39 is 0 Å². The van der Waals surface area contributed by atoms with Gasteiger partial charge in [-0.1, -0.05) is 38.1 Å². The predicted molar refractivity (Wildman–Crippen MR) is 72.7 cm³/mol. The van der Waals surface area contributed by atoms with E-state index in [9.17, 15) is 4.79 Å². The van der Waals surface area contributed by atoms with E-state index in [1.165, 1.54) is 5.56 Å². The van der Waals surface area contributed by atoms with Gasteiger partial charge in [-0.05, 0) is 34.7 Å². The summed E-state index contributed by atoms with van der Waals surface area (Å²) in [5, 5.41) is 0. The van der Waals surface area contributed by atoms with Gasteiger partial charge in [-0.15, -0.1) is 0 Å². The minimum absolute atomic E-state index is 0.200. The van der Waals surface area contributed by atoms with Crippen molar-refractivity contribution in [2.45, 2.75) is 25.7 Å². The third-order valence-electron chi connectivity index (χ3n) is 3.16. The van der Waals surface area contributed by atoms with Crippen molar-refractivity contribution < 1.29 is 4.79 Å². The van der Waals surface area contributed by atoms with Gasteiger partial charge in [-0.25, -0.2) is 0 Å². The molecule has 0 aliphatic heterocycles. The molecule has 2 nitrogen and oxygen atoms in total. The zero-order valence-electron chi connectivity index (χ0n) is 10.7. The Morgan fingerprint density at radius 1 is 0.889 bits per heavy atom. The Morgan fingerprint density at radius 3 is 1.89 bits per heavy atom. The van der Waals surface area contributed by atoms with Crippen molar-refractivity contribution in [3.05, 3.63) is 65.5 Å². The molecule has 1 heterocycles. The molecule has 92 valence electrons. The fourth-order valence-electron chi connectivity index (χ4n) is 2.01. The van der Waals surface area contributed by atoms with Crippen LogP contribution in [0.5, 0.6) is 0 Å². The van der Waals surface area contributed by atoms with Crippen molar-refractivity contribution in [1.29, 1.82) is 0 Å². The lowest BCUT2D eigenvalue weighted by Gasteiger charge is -2.12. The van der Waals surface area contributed by atoms with Crippen LogP contribution < -0.4 is 0 Å². The summed E-state index contributed by atoms with van der Waals surface area (Å²) in [5.41, 5.74) is 3.30. The lowest BCUT2D eigenvalue weighted by atomic mass is 9.91. The molecule has 0 aliphatic rings. The van der Waals surface area contributed by atoms with Crippen LogP contribution in [0.2, 0.25) is 0 Å². The number of pyridine rings is 1. The van der Waals surface area contributed by atoms with Crippen LogP contribution in [0.3, 0.4) is 0 Å². The van der Waals surface area contributed by atoms with E-state index in [-0.39, 0.29) is 5.92 Å². The highest BCUT2D eigenvalue weighted by atomic mass is 16.1. The predicted octanol–water partition coefficient (Wildman–Crippen LogP) is 3.54. The number of hydrogen-bond donors (Lipinski definition) is 0. The van der Waals surface area contributed by atoms with Gasteiger partial charge < -0.3 is 4.79 Å². The van der Waals surface area contributed by atoms with Crippen LogP contribution in [0, 0.1) is 0 Å². The van der Waals surface area contributed by atoms with E-state index in [1.54, 1.807) is 12.4 Å². The summed E-state index contributed by atoms with van der Waals surface area (Å²) in [6.45, 7) is 4.32. The van der Waals surface area contributed by atoms with E-state index in [1.807, 2.05) is 24.3 Å². The molecule has 0 fully saturated rings. The Balaban J connectivity index is 2.31. The average molecular weight is 239 g/mol. The van der Waals surface area contributed by atoms with Crippen LogP contribution in [0.25, 0.3) is 0 Å². The van der Waals surface area contributed by atoms with Crippen LogP contribution in [0.1, 0.15) is 42.4 Å². The van der Waals surface area contributed by atoms with Gasteiger partial charge in [0.25, 0.3) is 0 Å². The average Bonchev–Trinajstić information content (AvgIpc) is 2.41. The van der Waals surface area contributed by atoms with Crippen LogP contribution in [-0.2, 0) is 4.79 Å². The Morgan fingerprint density at radius 2 is 1.39 bits per heavy atom. The molecule has 1 atom stereocenters. The zero-order valence-corrected chi connectivity index (χ0v) is 10.7. The minimum Gasteiger partial charge on any atom is -0.302 e. The summed E-state index contributed by atoms with van der Waals surface area (Å²) < 4.78 is 0. The number of nitrogens with zero attached hydrogens (tertiary/aromatic N) is 1. The largest absolute Gasteiger partial charge is 0.302 e. The van der Waals surface area contributed by atoms with Gasteiger partial charge in [0.15, 0.2) is 0 Å². The molecular formula is C16H17NO. The van der Waals surface area contributed by atoms with Crippen LogP contribution >= 0.6 is 0 Å². The highest BCUT2D eigenvalue weighted by Crippen LogP contribution is 2.24. The monoisotopic (exact) mass is 239 g/mol. The van der Waals surface area contributed by atoms with Crippen LogP contribution in [0.15, 0.2) is 48.8 Å². The third-order valence-corrected chi connectivity index (χ3v) is 3.16. The normalized spacial score (nSPS) is 12.4. The first kappa shape index (κ1) is 12.5. The Labute approximate surface area is 108 Å². The Bertz CT molecular complexity index is 502. The molecule has 2 heteroatoms. The number of benzene rings is 1. The molecule has 0 aliphatic carbocycles. The minimum atomic E-state index is -0.200.